The van der Waals surface area contributed by atoms with Crippen molar-refractivity contribution in [3.05, 3.63) is 77.1 Å². The van der Waals surface area contributed by atoms with Crippen LogP contribution in [0.25, 0.3) is 17.0 Å². The number of fused-ring (bicyclic) bond motifs is 1. The number of hydrogen-bond acceptors (Lipinski definition) is 6. The van der Waals surface area contributed by atoms with Gasteiger partial charge in [0.1, 0.15) is 17.2 Å². The number of nitrogens with zero attached hydrogens (tertiary/aromatic N) is 2. The molecule has 1 aromatic heterocycles. The van der Waals surface area contributed by atoms with Crippen molar-refractivity contribution in [1.29, 1.82) is 5.26 Å². The van der Waals surface area contributed by atoms with Gasteiger partial charge in [-0.1, -0.05) is 42.5 Å². The third kappa shape index (κ3) is 7.46. The fourth-order valence-electron chi connectivity index (χ4n) is 4.03. The summed E-state index contributed by atoms with van der Waals surface area (Å²) in [6, 6.07) is 16.2. The lowest BCUT2D eigenvalue weighted by atomic mass is 9.76. The van der Waals surface area contributed by atoms with Crippen molar-refractivity contribution in [3.63, 3.8) is 0 Å². The van der Waals surface area contributed by atoms with Gasteiger partial charge in [0.05, 0.1) is 12.2 Å². The Labute approximate surface area is 216 Å². The van der Waals surface area contributed by atoms with E-state index in [1.807, 2.05) is 68.4 Å². The van der Waals surface area contributed by atoms with Crippen LogP contribution in [0.2, 0.25) is 0 Å². The van der Waals surface area contributed by atoms with Gasteiger partial charge in [-0.25, -0.2) is 4.79 Å². The standard InChI is InChI=1S/C27H31BN4O5/c1-3-32(4-2)26(33)21(17-29)15-20-9-7-8-19(14-20)12-13-30-27(34)31-25(28(35)36)16-22-18-37-24-11-6-5-10-23(22)24/h5-11,14-15,18,25,35-36H,3-4,12-13,16H2,1-2H3,(H2,30,31,34)/t25-/m0/s1. The molecule has 9 nitrogen and oxygen atoms in total. The summed E-state index contributed by atoms with van der Waals surface area (Å²) in [6.45, 7) is 5.07. The largest absolute Gasteiger partial charge is 0.475 e. The normalized spacial score (nSPS) is 12.0. The van der Waals surface area contributed by atoms with E-state index in [2.05, 4.69) is 10.6 Å². The van der Waals surface area contributed by atoms with Gasteiger partial charge >= 0.3 is 13.1 Å². The lowest BCUT2D eigenvalue weighted by Crippen LogP contribution is -2.51. The number of urea groups is 1. The van der Waals surface area contributed by atoms with Crippen LogP contribution in [0, 0.1) is 11.3 Å². The average Bonchev–Trinajstić information content (AvgIpc) is 3.30. The minimum atomic E-state index is -1.75. The highest BCUT2D eigenvalue weighted by Crippen LogP contribution is 2.22. The first kappa shape index (κ1) is 27.5. The second-order valence-corrected chi connectivity index (χ2v) is 8.52. The van der Waals surface area contributed by atoms with E-state index in [0.717, 1.165) is 22.1 Å². The van der Waals surface area contributed by atoms with Crippen LogP contribution in [0.5, 0.6) is 0 Å². The Morgan fingerprint density at radius 3 is 2.62 bits per heavy atom. The quantitative estimate of drug-likeness (QED) is 0.181. The molecule has 1 atom stereocenters. The molecule has 3 amide bonds. The Balaban J connectivity index is 1.56. The molecule has 0 unspecified atom stereocenters. The minimum absolute atomic E-state index is 0.0670. The molecular formula is C27H31BN4O5. The summed E-state index contributed by atoms with van der Waals surface area (Å²) in [5, 5.41) is 35.2. The summed E-state index contributed by atoms with van der Waals surface area (Å²) in [5.41, 5.74) is 3.14. The van der Waals surface area contributed by atoms with Crippen LogP contribution in [-0.2, 0) is 17.6 Å². The van der Waals surface area contributed by atoms with Gasteiger partial charge in [0.2, 0.25) is 0 Å². The molecule has 0 saturated heterocycles. The van der Waals surface area contributed by atoms with Gasteiger partial charge in [-0.2, -0.15) is 5.26 Å². The second kappa shape index (κ2) is 13.3. The number of furan rings is 1. The number of carbonyl (C=O) groups is 2. The molecule has 37 heavy (non-hydrogen) atoms. The average molecular weight is 502 g/mol. The number of amides is 3. The number of carbonyl (C=O) groups excluding carboxylic acids is 2. The van der Waals surface area contributed by atoms with E-state index in [9.17, 15) is 24.9 Å². The Hall–Kier alpha value is -4.07. The van der Waals surface area contributed by atoms with Crippen molar-refractivity contribution >= 4 is 36.1 Å². The van der Waals surface area contributed by atoms with Crippen molar-refractivity contribution in [3.8, 4) is 6.07 Å². The molecule has 0 fully saturated rings. The van der Waals surface area contributed by atoms with E-state index in [-0.39, 0.29) is 17.9 Å². The Bertz CT molecular complexity index is 1290. The zero-order valence-corrected chi connectivity index (χ0v) is 21.0. The van der Waals surface area contributed by atoms with Crippen molar-refractivity contribution in [2.24, 2.45) is 0 Å². The van der Waals surface area contributed by atoms with E-state index >= 15 is 0 Å². The van der Waals surface area contributed by atoms with Crippen molar-refractivity contribution in [2.75, 3.05) is 19.6 Å². The molecular weight excluding hydrogens is 471 g/mol. The highest BCUT2D eigenvalue weighted by molar-refractivity contribution is 6.43. The monoisotopic (exact) mass is 502 g/mol. The molecule has 4 N–H and O–H groups in total. The summed E-state index contributed by atoms with van der Waals surface area (Å²) in [7, 11) is -1.75. The lowest BCUT2D eigenvalue weighted by molar-refractivity contribution is -0.126. The van der Waals surface area contributed by atoms with Crippen LogP contribution in [0.1, 0.15) is 30.5 Å². The van der Waals surface area contributed by atoms with Gasteiger partial charge in [-0.3, -0.25) is 4.79 Å². The molecule has 3 rings (SSSR count). The number of hydrogen-bond donors (Lipinski definition) is 4. The third-order valence-electron chi connectivity index (χ3n) is 6.04. The number of likely N-dealkylation sites (N-methyl/N-ethyl adjacent to an activating group) is 1. The first-order chi connectivity index (χ1) is 17.9. The van der Waals surface area contributed by atoms with E-state index in [1.54, 1.807) is 17.2 Å². The molecule has 0 spiro atoms. The fraction of sp³-hybridized carbons (Fsp3) is 0.296. The maximum absolute atomic E-state index is 12.5. The Morgan fingerprint density at radius 1 is 1.16 bits per heavy atom. The summed E-state index contributed by atoms with van der Waals surface area (Å²) < 4.78 is 5.49. The van der Waals surface area contributed by atoms with Crippen molar-refractivity contribution in [2.45, 2.75) is 32.6 Å². The van der Waals surface area contributed by atoms with Crippen LogP contribution in [0.15, 0.2) is 64.8 Å². The molecule has 0 radical (unpaired) electrons. The second-order valence-electron chi connectivity index (χ2n) is 8.52. The van der Waals surface area contributed by atoms with Gasteiger partial charge in [0.15, 0.2) is 0 Å². The molecule has 0 aliphatic carbocycles. The minimum Gasteiger partial charge on any atom is -0.464 e. The van der Waals surface area contributed by atoms with Crippen LogP contribution in [0.3, 0.4) is 0 Å². The van der Waals surface area contributed by atoms with Crippen molar-refractivity contribution < 1.29 is 24.1 Å². The number of benzene rings is 2. The number of para-hydroxylation sites is 1. The summed E-state index contributed by atoms with van der Waals surface area (Å²) in [5.74, 6) is -1.23. The maximum Gasteiger partial charge on any atom is 0.475 e. The van der Waals surface area contributed by atoms with Gasteiger partial charge < -0.3 is 30.0 Å². The highest BCUT2D eigenvalue weighted by atomic mass is 16.4. The van der Waals surface area contributed by atoms with E-state index < -0.39 is 19.1 Å². The maximum atomic E-state index is 12.5. The molecule has 10 heteroatoms. The zero-order valence-electron chi connectivity index (χ0n) is 21.0. The Kier molecular flexibility index (Phi) is 9.89. The molecule has 1 heterocycles. The van der Waals surface area contributed by atoms with Crippen LogP contribution >= 0.6 is 0 Å². The molecule has 0 bridgehead atoms. The number of rotatable bonds is 11. The predicted octanol–water partition coefficient (Wildman–Crippen LogP) is 2.67. The summed E-state index contributed by atoms with van der Waals surface area (Å²) >= 11 is 0. The van der Waals surface area contributed by atoms with Crippen molar-refractivity contribution in [1.82, 2.24) is 15.5 Å². The van der Waals surface area contributed by atoms with E-state index in [0.29, 0.717) is 31.6 Å². The molecule has 3 aromatic rings. The highest BCUT2D eigenvalue weighted by Gasteiger charge is 2.27. The fourth-order valence-corrected chi connectivity index (χ4v) is 4.03. The third-order valence-corrected chi connectivity index (χ3v) is 6.04. The van der Waals surface area contributed by atoms with Crippen LogP contribution in [0.4, 0.5) is 4.79 Å². The van der Waals surface area contributed by atoms with E-state index in [4.69, 9.17) is 4.42 Å². The predicted molar refractivity (Wildman–Crippen MR) is 142 cm³/mol. The van der Waals surface area contributed by atoms with E-state index in [1.165, 1.54) is 0 Å². The van der Waals surface area contributed by atoms with Gasteiger partial charge in [0, 0.05) is 25.0 Å². The smallest absolute Gasteiger partial charge is 0.464 e. The molecule has 192 valence electrons. The number of nitrogens with one attached hydrogen (secondary N) is 2. The molecule has 0 saturated carbocycles. The molecule has 0 aliphatic rings. The molecule has 0 aliphatic heterocycles. The van der Waals surface area contributed by atoms with Gasteiger partial charge in [-0.05, 0) is 55.5 Å². The first-order valence-electron chi connectivity index (χ1n) is 12.2. The zero-order chi connectivity index (χ0) is 26.8. The summed E-state index contributed by atoms with van der Waals surface area (Å²) in [6.07, 6.45) is 3.80. The van der Waals surface area contributed by atoms with Crippen LogP contribution in [-0.4, -0.2) is 59.6 Å². The number of nitriles is 1. The first-order valence-corrected chi connectivity index (χ1v) is 12.2. The Morgan fingerprint density at radius 2 is 1.92 bits per heavy atom. The topological polar surface area (TPSA) is 139 Å². The molecule has 2 aromatic carbocycles. The van der Waals surface area contributed by atoms with Gasteiger partial charge in [0.25, 0.3) is 5.91 Å². The lowest BCUT2D eigenvalue weighted by Gasteiger charge is -2.18. The summed E-state index contributed by atoms with van der Waals surface area (Å²) in [4.78, 5) is 26.5. The van der Waals surface area contributed by atoms with Crippen LogP contribution < -0.4 is 10.6 Å². The SMILES string of the molecule is CCN(CC)C(=O)C(C#N)=Cc1cccc(CCNC(=O)N[C@@H](Cc2coc3ccccc23)B(O)O)c1. The van der Waals surface area contributed by atoms with Gasteiger partial charge in [-0.15, -0.1) is 0 Å².